The first kappa shape index (κ1) is 11.5. The SMILES string of the molecule is O=C(Nc1nc(Cl)c2[nH]cnc2n1)c1ccccn1. The van der Waals surface area contributed by atoms with Gasteiger partial charge >= 0.3 is 0 Å². The summed E-state index contributed by atoms with van der Waals surface area (Å²) in [6.07, 6.45) is 2.98. The number of pyridine rings is 1. The van der Waals surface area contributed by atoms with Crippen molar-refractivity contribution in [2.45, 2.75) is 0 Å². The lowest BCUT2D eigenvalue weighted by Crippen LogP contribution is -2.15. The predicted molar refractivity (Wildman–Crippen MR) is 68.9 cm³/mol. The molecule has 3 heterocycles. The van der Waals surface area contributed by atoms with Gasteiger partial charge in [0.2, 0.25) is 5.95 Å². The summed E-state index contributed by atoms with van der Waals surface area (Å²) >= 11 is 5.94. The van der Waals surface area contributed by atoms with E-state index in [4.69, 9.17) is 11.6 Å². The average molecular weight is 275 g/mol. The van der Waals surface area contributed by atoms with Crippen molar-refractivity contribution in [2.24, 2.45) is 0 Å². The Balaban J connectivity index is 1.91. The number of nitrogens with one attached hydrogen (secondary N) is 2. The van der Waals surface area contributed by atoms with Gasteiger partial charge in [0, 0.05) is 6.20 Å². The van der Waals surface area contributed by atoms with Gasteiger partial charge < -0.3 is 4.98 Å². The molecule has 2 N–H and O–H groups in total. The number of halogens is 1. The summed E-state index contributed by atoms with van der Waals surface area (Å²) in [6, 6.07) is 5.02. The molecule has 3 aromatic heterocycles. The van der Waals surface area contributed by atoms with Gasteiger partial charge in [-0.05, 0) is 12.1 Å². The number of fused-ring (bicyclic) bond motifs is 1. The minimum Gasteiger partial charge on any atom is -0.341 e. The summed E-state index contributed by atoms with van der Waals surface area (Å²) in [5, 5.41) is 2.71. The number of carbonyl (C=O) groups is 1. The Hall–Kier alpha value is -2.54. The van der Waals surface area contributed by atoms with Crippen LogP contribution in [0.1, 0.15) is 10.5 Å². The number of hydrogen-bond donors (Lipinski definition) is 2. The summed E-state index contributed by atoms with van der Waals surface area (Å²) < 4.78 is 0. The molecule has 0 unspecified atom stereocenters. The number of anilines is 1. The number of imidazole rings is 1. The first-order valence-electron chi connectivity index (χ1n) is 5.33. The zero-order valence-electron chi connectivity index (χ0n) is 9.46. The lowest BCUT2D eigenvalue weighted by Gasteiger charge is -2.03. The number of aromatic nitrogens is 5. The zero-order chi connectivity index (χ0) is 13.2. The maximum absolute atomic E-state index is 11.9. The van der Waals surface area contributed by atoms with Gasteiger partial charge in [0.15, 0.2) is 10.8 Å². The highest BCUT2D eigenvalue weighted by Gasteiger charge is 2.12. The first-order valence-corrected chi connectivity index (χ1v) is 5.71. The third-order valence-corrected chi connectivity index (χ3v) is 2.64. The van der Waals surface area contributed by atoms with Crippen LogP contribution in [0.15, 0.2) is 30.7 Å². The van der Waals surface area contributed by atoms with E-state index in [1.165, 1.54) is 12.5 Å². The number of aromatic amines is 1. The normalized spacial score (nSPS) is 10.6. The molecule has 8 heteroatoms. The summed E-state index contributed by atoms with van der Waals surface area (Å²) in [5.74, 6) is -0.327. The van der Waals surface area contributed by atoms with Gasteiger partial charge in [-0.1, -0.05) is 17.7 Å². The van der Waals surface area contributed by atoms with E-state index in [-0.39, 0.29) is 16.8 Å². The fourth-order valence-electron chi connectivity index (χ4n) is 1.52. The number of H-pyrrole nitrogens is 1. The third-order valence-electron chi connectivity index (χ3n) is 2.36. The Bertz CT molecular complexity index is 741. The van der Waals surface area contributed by atoms with Crippen LogP contribution < -0.4 is 5.32 Å². The van der Waals surface area contributed by atoms with Crippen LogP contribution in [0.5, 0.6) is 0 Å². The predicted octanol–water partition coefficient (Wildman–Crippen LogP) is 1.65. The highest BCUT2D eigenvalue weighted by Crippen LogP contribution is 2.18. The second-order valence-corrected chi connectivity index (χ2v) is 3.97. The summed E-state index contributed by atoms with van der Waals surface area (Å²) in [5.41, 5.74) is 1.18. The van der Waals surface area contributed by atoms with E-state index in [1.807, 2.05) is 0 Å². The number of hydrogen-bond acceptors (Lipinski definition) is 5. The van der Waals surface area contributed by atoms with Gasteiger partial charge in [-0.25, -0.2) is 4.98 Å². The van der Waals surface area contributed by atoms with Crippen molar-refractivity contribution in [1.29, 1.82) is 0 Å². The molecule has 94 valence electrons. The molecular weight excluding hydrogens is 268 g/mol. The Morgan fingerprint density at radius 3 is 2.95 bits per heavy atom. The maximum atomic E-state index is 11.9. The summed E-state index contributed by atoms with van der Waals surface area (Å²) in [7, 11) is 0. The Morgan fingerprint density at radius 2 is 2.16 bits per heavy atom. The second kappa shape index (κ2) is 4.62. The number of nitrogens with zero attached hydrogens (tertiary/aromatic N) is 4. The molecule has 0 atom stereocenters. The van der Waals surface area contributed by atoms with Crippen molar-refractivity contribution in [3.8, 4) is 0 Å². The number of carbonyl (C=O) groups excluding carboxylic acids is 1. The molecular formula is C11H7ClN6O. The third kappa shape index (κ3) is 2.23. The van der Waals surface area contributed by atoms with Gasteiger partial charge in [-0.2, -0.15) is 9.97 Å². The van der Waals surface area contributed by atoms with Crippen LogP contribution in [0.3, 0.4) is 0 Å². The molecule has 19 heavy (non-hydrogen) atoms. The van der Waals surface area contributed by atoms with E-state index in [0.717, 1.165) is 0 Å². The number of rotatable bonds is 2. The van der Waals surface area contributed by atoms with Gasteiger partial charge in [0.1, 0.15) is 11.2 Å². The van der Waals surface area contributed by atoms with Crippen LogP contribution >= 0.6 is 11.6 Å². The number of amides is 1. The quantitative estimate of drug-likeness (QED) is 0.693. The van der Waals surface area contributed by atoms with E-state index in [1.54, 1.807) is 18.2 Å². The molecule has 0 fully saturated rings. The molecule has 0 aliphatic carbocycles. The monoisotopic (exact) mass is 274 g/mol. The van der Waals surface area contributed by atoms with Crippen molar-refractivity contribution in [3.05, 3.63) is 41.6 Å². The van der Waals surface area contributed by atoms with Crippen LogP contribution in [0.2, 0.25) is 5.15 Å². The van der Waals surface area contributed by atoms with Gasteiger partial charge in [0.25, 0.3) is 5.91 Å². The van der Waals surface area contributed by atoms with Gasteiger partial charge in [0.05, 0.1) is 6.33 Å². The smallest absolute Gasteiger partial charge is 0.276 e. The molecule has 7 nitrogen and oxygen atoms in total. The topological polar surface area (TPSA) is 96.5 Å². The fourth-order valence-corrected chi connectivity index (χ4v) is 1.74. The molecule has 0 saturated heterocycles. The molecule has 0 radical (unpaired) electrons. The van der Waals surface area contributed by atoms with E-state index in [2.05, 4.69) is 30.2 Å². The maximum Gasteiger partial charge on any atom is 0.276 e. The van der Waals surface area contributed by atoms with E-state index in [9.17, 15) is 4.79 Å². The van der Waals surface area contributed by atoms with Crippen LogP contribution in [0.25, 0.3) is 11.2 Å². The highest BCUT2D eigenvalue weighted by molar-refractivity contribution is 6.33. The van der Waals surface area contributed by atoms with Crippen LogP contribution in [-0.2, 0) is 0 Å². The van der Waals surface area contributed by atoms with Crippen molar-refractivity contribution >= 4 is 34.6 Å². The molecule has 0 aliphatic heterocycles. The standard InChI is InChI=1S/C11H7ClN6O/c12-8-7-9(15-5-14-7)17-11(16-8)18-10(19)6-3-1-2-4-13-6/h1-5H,(H2,14,15,16,17,18,19). The van der Waals surface area contributed by atoms with Crippen LogP contribution in [0, 0.1) is 0 Å². The summed E-state index contributed by atoms with van der Waals surface area (Å²) in [4.78, 5) is 30.6. The molecule has 0 aliphatic rings. The van der Waals surface area contributed by atoms with Crippen LogP contribution in [0.4, 0.5) is 5.95 Å². The summed E-state index contributed by atoms with van der Waals surface area (Å²) in [6.45, 7) is 0. The van der Waals surface area contributed by atoms with Crippen molar-refractivity contribution in [1.82, 2.24) is 24.9 Å². The lowest BCUT2D eigenvalue weighted by atomic mass is 10.3. The van der Waals surface area contributed by atoms with Gasteiger partial charge in [-0.3, -0.25) is 15.1 Å². The van der Waals surface area contributed by atoms with Crippen molar-refractivity contribution < 1.29 is 4.79 Å². The Kier molecular flexibility index (Phi) is 2.81. The van der Waals surface area contributed by atoms with Crippen molar-refractivity contribution in [2.75, 3.05) is 5.32 Å². The molecule has 0 spiro atoms. The van der Waals surface area contributed by atoms with Crippen LogP contribution in [-0.4, -0.2) is 30.8 Å². The highest BCUT2D eigenvalue weighted by atomic mass is 35.5. The molecule has 0 aromatic carbocycles. The minimum atomic E-state index is -0.411. The lowest BCUT2D eigenvalue weighted by molar-refractivity contribution is 0.102. The van der Waals surface area contributed by atoms with Crippen molar-refractivity contribution in [3.63, 3.8) is 0 Å². The molecule has 3 rings (SSSR count). The first-order chi connectivity index (χ1) is 9.24. The Morgan fingerprint density at radius 1 is 1.26 bits per heavy atom. The van der Waals surface area contributed by atoms with Gasteiger partial charge in [-0.15, -0.1) is 0 Å². The molecule has 3 aromatic rings. The second-order valence-electron chi connectivity index (χ2n) is 3.61. The molecule has 0 saturated carbocycles. The average Bonchev–Trinajstić information content (AvgIpc) is 2.88. The van der Waals surface area contributed by atoms with E-state index < -0.39 is 5.91 Å². The van der Waals surface area contributed by atoms with E-state index in [0.29, 0.717) is 11.2 Å². The van der Waals surface area contributed by atoms with E-state index >= 15 is 0 Å². The Labute approximate surface area is 112 Å². The molecule has 1 amide bonds. The minimum absolute atomic E-state index is 0.0836. The molecule has 0 bridgehead atoms. The zero-order valence-corrected chi connectivity index (χ0v) is 10.2. The fraction of sp³-hybridized carbons (Fsp3) is 0. The largest absolute Gasteiger partial charge is 0.341 e.